The van der Waals surface area contributed by atoms with E-state index >= 15 is 0 Å². The molecule has 0 aromatic heterocycles. The van der Waals surface area contributed by atoms with Crippen molar-refractivity contribution in [1.82, 2.24) is 14.7 Å². The highest BCUT2D eigenvalue weighted by Crippen LogP contribution is 2.48. The first-order valence-corrected chi connectivity index (χ1v) is 15.0. The molecule has 2 aromatic carbocycles. The van der Waals surface area contributed by atoms with Crippen LogP contribution in [0, 0.1) is 24.7 Å². The molecule has 2 saturated heterocycles. The summed E-state index contributed by atoms with van der Waals surface area (Å²) in [7, 11) is 3.81. The van der Waals surface area contributed by atoms with Crippen LogP contribution in [0.3, 0.4) is 0 Å². The second kappa shape index (κ2) is 13.1. The Morgan fingerprint density at radius 2 is 1.88 bits per heavy atom. The van der Waals surface area contributed by atoms with Crippen LogP contribution in [-0.4, -0.2) is 95.0 Å². The van der Waals surface area contributed by atoms with Crippen LogP contribution in [0.15, 0.2) is 36.4 Å². The fourth-order valence-corrected chi connectivity index (χ4v) is 7.35. The number of piperidine rings is 1. The maximum atomic E-state index is 14.9. The van der Waals surface area contributed by atoms with Gasteiger partial charge in [-0.25, -0.2) is 4.39 Å². The Labute approximate surface area is 252 Å². The summed E-state index contributed by atoms with van der Waals surface area (Å²) >= 11 is 0. The van der Waals surface area contributed by atoms with Crippen molar-refractivity contribution in [3.8, 4) is 5.75 Å². The number of aliphatic hydroxyl groups is 1. The molecule has 2 aliphatic rings. The summed E-state index contributed by atoms with van der Waals surface area (Å²) in [6.45, 7) is 6.32. The average Bonchev–Trinajstić information content (AvgIpc) is 3.42. The molecule has 5 atom stereocenters. The van der Waals surface area contributed by atoms with Gasteiger partial charge in [-0.05, 0) is 102 Å². The zero-order chi connectivity index (χ0) is 31.7. The van der Waals surface area contributed by atoms with Crippen LogP contribution >= 0.6 is 0 Å². The molecule has 0 saturated carbocycles. The van der Waals surface area contributed by atoms with Crippen molar-refractivity contribution in [2.45, 2.75) is 82.2 Å². The van der Waals surface area contributed by atoms with E-state index in [9.17, 15) is 32.6 Å². The molecule has 2 aliphatic heterocycles. The molecule has 6 nitrogen and oxygen atoms in total. The van der Waals surface area contributed by atoms with Gasteiger partial charge in [0.15, 0.2) is 0 Å². The van der Waals surface area contributed by atoms with Gasteiger partial charge < -0.3 is 24.9 Å². The summed E-state index contributed by atoms with van der Waals surface area (Å²) in [6, 6.07) is 10.3. The number of rotatable bonds is 9. The zero-order valence-electron chi connectivity index (χ0n) is 25.7. The molecule has 1 amide bonds. The number of hydrogen-bond donors (Lipinski definition) is 2. The minimum absolute atomic E-state index is 0.0146. The second-order valence-corrected chi connectivity index (χ2v) is 12.9. The van der Waals surface area contributed by atoms with Crippen LogP contribution in [0.5, 0.6) is 5.75 Å². The maximum Gasteiger partial charge on any atom is 0.408 e. The molecule has 2 aromatic rings. The molecule has 1 radical (unpaired) electrons. The van der Waals surface area contributed by atoms with Crippen LogP contribution < -0.4 is 0 Å². The maximum absolute atomic E-state index is 14.9. The van der Waals surface area contributed by atoms with E-state index in [1.807, 2.05) is 19.0 Å². The summed E-state index contributed by atoms with van der Waals surface area (Å²) < 4.78 is 57.0. The molecule has 4 rings (SSSR count). The number of carbonyl (C=O) groups is 1. The number of likely N-dealkylation sites (tertiary alicyclic amines) is 2. The van der Waals surface area contributed by atoms with Gasteiger partial charge in [0.25, 0.3) is 0 Å². The summed E-state index contributed by atoms with van der Waals surface area (Å²) in [5.74, 6) is -3.12. The first-order valence-electron chi connectivity index (χ1n) is 15.0. The molecule has 0 spiro atoms. The standard InChI is InChI=1S/C33H44F4N3O3/c1-21-22(12-8-13-26(21)34)30-24(23-11-6-7-14-27(23)41)19-39(17-9-15-28(38(4)5)32(2,3)43)20-25(30)31(42)40-18-10-16-29(40)33(35,36)37/h6,8,11-14,24-25,28-30,41,43H,9-10,15-20H2,1-5H3/t24-,25+,28+,29-,30+/m0/s1. The second-order valence-electron chi connectivity index (χ2n) is 12.9. The van der Waals surface area contributed by atoms with E-state index in [1.54, 1.807) is 45.0 Å². The van der Waals surface area contributed by atoms with Gasteiger partial charge in [-0.2, -0.15) is 13.2 Å². The Morgan fingerprint density at radius 1 is 1.16 bits per heavy atom. The van der Waals surface area contributed by atoms with E-state index < -0.39 is 47.3 Å². The van der Waals surface area contributed by atoms with Crippen LogP contribution in [0.1, 0.15) is 68.1 Å². The third-order valence-corrected chi connectivity index (χ3v) is 9.34. The van der Waals surface area contributed by atoms with E-state index in [2.05, 4.69) is 11.0 Å². The first kappa shape index (κ1) is 33.2. The minimum Gasteiger partial charge on any atom is -0.508 e. The largest absolute Gasteiger partial charge is 0.508 e. The number of benzene rings is 2. The number of likely N-dealkylation sites (N-methyl/N-ethyl adjacent to an activating group) is 1. The molecular weight excluding hydrogens is 562 g/mol. The number of hydrogen-bond acceptors (Lipinski definition) is 5. The zero-order valence-corrected chi connectivity index (χ0v) is 25.7. The number of nitrogens with zero attached hydrogens (tertiary/aromatic N) is 3. The van der Waals surface area contributed by atoms with Gasteiger partial charge in [0.1, 0.15) is 17.6 Å². The third kappa shape index (κ3) is 7.35. The van der Waals surface area contributed by atoms with E-state index in [0.29, 0.717) is 42.6 Å². The molecule has 0 unspecified atom stereocenters. The molecule has 10 heteroatoms. The third-order valence-electron chi connectivity index (χ3n) is 9.34. The van der Waals surface area contributed by atoms with Crippen molar-refractivity contribution < 1.29 is 32.6 Å². The number of halogens is 4. The van der Waals surface area contributed by atoms with Crippen molar-refractivity contribution in [3.05, 3.63) is 65.0 Å². The Balaban J connectivity index is 1.75. The molecule has 2 heterocycles. The first-order chi connectivity index (χ1) is 20.1. The lowest BCUT2D eigenvalue weighted by Crippen LogP contribution is -2.54. The number of aromatic hydroxyl groups is 1. The van der Waals surface area contributed by atoms with E-state index in [-0.39, 0.29) is 37.7 Å². The Bertz CT molecular complexity index is 1260. The van der Waals surface area contributed by atoms with Crippen LogP contribution in [0.25, 0.3) is 0 Å². The van der Waals surface area contributed by atoms with E-state index in [4.69, 9.17) is 0 Å². The van der Waals surface area contributed by atoms with Crippen molar-refractivity contribution in [2.75, 3.05) is 40.3 Å². The van der Waals surface area contributed by atoms with Crippen LogP contribution in [0.4, 0.5) is 17.6 Å². The van der Waals surface area contributed by atoms with Crippen molar-refractivity contribution in [1.29, 1.82) is 0 Å². The molecule has 237 valence electrons. The lowest BCUT2D eigenvalue weighted by atomic mass is 9.69. The van der Waals surface area contributed by atoms with Gasteiger partial charge in [-0.1, -0.05) is 24.3 Å². The van der Waals surface area contributed by atoms with Crippen molar-refractivity contribution in [3.63, 3.8) is 0 Å². The van der Waals surface area contributed by atoms with Crippen LogP contribution in [-0.2, 0) is 4.79 Å². The normalized spacial score (nSPS) is 24.5. The summed E-state index contributed by atoms with van der Waals surface area (Å²) in [5.41, 5.74) is 0.513. The lowest BCUT2D eigenvalue weighted by molar-refractivity contribution is -0.185. The molecular formula is C33H44F4N3O3. The monoisotopic (exact) mass is 606 g/mol. The van der Waals surface area contributed by atoms with Gasteiger partial charge in [0, 0.05) is 37.5 Å². The molecule has 2 fully saturated rings. The highest BCUT2D eigenvalue weighted by atomic mass is 19.4. The Kier molecular flexibility index (Phi) is 10.1. The topological polar surface area (TPSA) is 67.3 Å². The van der Waals surface area contributed by atoms with Crippen molar-refractivity contribution in [2.24, 2.45) is 5.92 Å². The van der Waals surface area contributed by atoms with E-state index in [0.717, 1.165) is 4.90 Å². The van der Waals surface area contributed by atoms with Gasteiger partial charge >= 0.3 is 6.18 Å². The number of alkyl halides is 3. The molecule has 2 N–H and O–H groups in total. The SMILES string of the molecule is Cc1c(F)cccc1[C@H]1[C@H](C(=O)N2CCC[C@H]2C(F)(F)F)CN(CCC[C@@H](N(C)C)C(C)(C)O)C[C@H]1c1cc[c]cc1O. The number of amides is 1. The fourth-order valence-electron chi connectivity index (χ4n) is 7.35. The quantitative estimate of drug-likeness (QED) is 0.371. The number of phenols is 1. The van der Waals surface area contributed by atoms with Crippen LogP contribution in [0.2, 0.25) is 0 Å². The summed E-state index contributed by atoms with van der Waals surface area (Å²) in [4.78, 5) is 19.3. The van der Waals surface area contributed by atoms with E-state index in [1.165, 1.54) is 12.1 Å². The van der Waals surface area contributed by atoms with Crippen molar-refractivity contribution >= 4 is 5.91 Å². The Hall–Kier alpha value is -2.69. The average molecular weight is 607 g/mol. The predicted octanol–water partition coefficient (Wildman–Crippen LogP) is 5.47. The van der Waals surface area contributed by atoms with Gasteiger partial charge in [-0.3, -0.25) is 4.79 Å². The molecule has 0 bridgehead atoms. The van der Waals surface area contributed by atoms with Gasteiger partial charge in [0.05, 0.1) is 11.5 Å². The minimum atomic E-state index is -4.55. The van der Waals surface area contributed by atoms with Gasteiger partial charge in [0.2, 0.25) is 5.91 Å². The predicted molar refractivity (Wildman–Crippen MR) is 157 cm³/mol. The lowest BCUT2D eigenvalue weighted by Gasteiger charge is -2.46. The summed E-state index contributed by atoms with van der Waals surface area (Å²) in [6.07, 6.45) is -3.09. The smallest absolute Gasteiger partial charge is 0.408 e. The highest BCUT2D eigenvalue weighted by Gasteiger charge is 2.52. The molecule has 0 aliphatic carbocycles. The Morgan fingerprint density at radius 3 is 2.51 bits per heavy atom. The molecule has 43 heavy (non-hydrogen) atoms. The van der Waals surface area contributed by atoms with Gasteiger partial charge in [-0.15, -0.1) is 0 Å². The number of carbonyl (C=O) groups excluding carboxylic acids is 1. The fraction of sp³-hybridized carbons (Fsp3) is 0.606. The number of phenolic OH excluding ortho intramolecular Hbond substituents is 1. The summed E-state index contributed by atoms with van der Waals surface area (Å²) in [5, 5.41) is 21.6. The highest BCUT2D eigenvalue weighted by molar-refractivity contribution is 5.81.